The molecule has 0 atom stereocenters. The first-order valence-electron chi connectivity index (χ1n) is 16.4. The van der Waals surface area contributed by atoms with Crippen LogP contribution in [0.15, 0.2) is 158 Å². The van der Waals surface area contributed by atoms with Crippen molar-refractivity contribution in [2.75, 3.05) is 0 Å². The van der Waals surface area contributed by atoms with E-state index in [1.807, 2.05) is 0 Å². The molecule has 2 aromatic heterocycles. The maximum atomic E-state index is 2.54. The number of benzene rings is 7. The summed E-state index contributed by atoms with van der Waals surface area (Å²) >= 11 is 0. The molecule has 2 heteroatoms. The summed E-state index contributed by atoms with van der Waals surface area (Å²) in [6, 6.07) is 58.1. The normalized spacial score (nSPS) is 13.5. The lowest BCUT2D eigenvalue weighted by Gasteiger charge is -2.35. The van der Waals surface area contributed by atoms with Gasteiger partial charge in [0.15, 0.2) is 0 Å². The number of nitrogens with zero attached hydrogens (tertiary/aromatic N) is 2. The first kappa shape index (κ1) is 26.4. The van der Waals surface area contributed by atoms with E-state index >= 15 is 0 Å². The molecule has 2 nitrogen and oxygen atoms in total. The highest BCUT2D eigenvalue weighted by molar-refractivity contribution is 6.20. The van der Waals surface area contributed by atoms with Crippen molar-refractivity contribution in [1.29, 1.82) is 0 Å². The van der Waals surface area contributed by atoms with E-state index in [1.54, 1.807) is 0 Å². The molecule has 0 saturated carbocycles. The Morgan fingerprint density at radius 1 is 0.383 bits per heavy atom. The van der Waals surface area contributed by atoms with Crippen LogP contribution in [0.1, 0.15) is 25.0 Å². The third kappa shape index (κ3) is 3.67. The maximum absolute atomic E-state index is 2.54. The van der Waals surface area contributed by atoms with Gasteiger partial charge >= 0.3 is 0 Å². The summed E-state index contributed by atoms with van der Waals surface area (Å²) in [7, 11) is 0. The Morgan fingerprint density at radius 3 is 1.66 bits per heavy atom. The van der Waals surface area contributed by atoms with Crippen molar-refractivity contribution in [2.45, 2.75) is 19.3 Å². The Hall–Kier alpha value is -5.86. The third-order valence-electron chi connectivity index (χ3n) is 10.5. The average molecular weight is 601 g/mol. The molecule has 47 heavy (non-hydrogen) atoms. The van der Waals surface area contributed by atoms with Crippen LogP contribution in [0, 0.1) is 0 Å². The highest BCUT2D eigenvalue weighted by Gasteiger charge is 2.35. The molecule has 1 aliphatic rings. The second-order valence-electron chi connectivity index (χ2n) is 13.4. The summed E-state index contributed by atoms with van der Waals surface area (Å²) in [5, 5.41) is 5.11. The lowest BCUT2D eigenvalue weighted by Crippen LogP contribution is -2.26. The van der Waals surface area contributed by atoms with Gasteiger partial charge in [-0.25, -0.2) is 0 Å². The molecule has 1 aliphatic heterocycles. The van der Waals surface area contributed by atoms with Gasteiger partial charge in [0.05, 0.1) is 27.8 Å². The highest BCUT2D eigenvalue weighted by Crippen LogP contribution is 2.50. The first-order chi connectivity index (χ1) is 23.1. The predicted octanol–water partition coefficient (Wildman–Crippen LogP) is 11.9. The van der Waals surface area contributed by atoms with Gasteiger partial charge in [0.25, 0.3) is 0 Å². The van der Waals surface area contributed by atoms with E-state index in [2.05, 4.69) is 181 Å². The van der Waals surface area contributed by atoms with Gasteiger partial charge in [0.2, 0.25) is 0 Å². The van der Waals surface area contributed by atoms with Crippen LogP contribution in [-0.4, -0.2) is 9.13 Å². The minimum Gasteiger partial charge on any atom is -0.309 e. The van der Waals surface area contributed by atoms with Gasteiger partial charge in [-0.3, -0.25) is 0 Å². The van der Waals surface area contributed by atoms with Crippen molar-refractivity contribution < 1.29 is 0 Å². The SMILES string of the molecule is CC1(C)c2ccccc2-n2c3cc4c5cc(-c6ccccc6)ccc5n(-c5ccccc5)c4cc3c3cc(-c4ccccc4)cc1c32. The minimum atomic E-state index is -0.153. The molecular formula is C45H32N2. The van der Waals surface area contributed by atoms with Crippen LogP contribution in [0.5, 0.6) is 0 Å². The molecular weight excluding hydrogens is 569 g/mol. The van der Waals surface area contributed by atoms with E-state index in [1.165, 1.54) is 88.4 Å². The Labute approximate surface area is 273 Å². The fourth-order valence-corrected chi connectivity index (χ4v) is 8.19. The van der Waals surface area contributed by atoms with Gasteiger partial charge in [-0.2, -0.15) is 0 Å². The minimum absolute atomic E-state index is 0.153. The largest absolute Gasteiger partial charge is 0.309 e. The third-order valence-corrected chi connectivity index (χ3v) is 10.5. The van der Waals surface area contributed by atoms with Crippen LogP contribution in [0.25, 0.3) is 77.2 Å². The summed E-state index contributed by atoms with van der Waals surface area (Å²) in [6.45, 7) is 4.77. The molecule has 0 radical (unpaired) electrons. The fraction of sp³-hybridized carbons (Fsp3) is 0.0667. The molecule has 0 aliphatic carbocycles. The van der Waals surface area contributed by atoms with Gasteiger partial charge in [0.1, 0.15) is 0 Å². The molecule has 0 fully saturated rings. The molecule has 9 aromatic rings. The zero-order chi connectivity index (χ0) is 31.3. The van der Waals surface area contributed by atoms with Crippen molar-refractivity contribution in [1.82, 2.24) is 9.13 Å². The lowest BCUT2D eigenvalue weighted by molar-refractivity contribution is 0.630. The number of para-hydroxylation sites is 2. The summed E-state index contributed by atoms with van der Waals surface area (Å²) in [5.74, 6) is 0. The van der Waals surface area contributed by atoms with Crippen LogP contribution in [0.2, 0.25) is 0 Å². The van der Waals surface area contributed by atoms with Gasteiger partial charge in [0, 0.05) is 32.6 Å². The van der Waals surface area contributed by atoms with Gasteiger partial charge < -0.3 is 9.13 Å². The molecule has 0 unspecified atom stereocenters. The van der Waals surface area contributed by atoms with Crippen LogP contribution < -0.4 is 0 Å². The predicted molar refractivity (Wildman–Crippen MR) is 198 cm³/mol. The van der Waals surface area contributed by atoms with E-state index in [-0.39, 0.29) is 5.41 Å². The first-order valence-corrected chi connectivity index (χ1v) is 16.4. The van der Waals surface area contributed by atoms with E-state index in [4.69, 9.17) is 0 Å². The zero-order valence-corrected chi connectivity index (χ0v) is 26.4. The van der Waals surface area contributed by atoms with E-state index in [0.29, 0.717) is 0 Å². The van der Waals surface area contributed by atoms with E-state index in [9.17, 15) is 0 Å². The van der Waals surface area contributed by atoms with Crippen molar-refractivity contribution in [3.05, 3.63) is 169 Å². The molecule has 0 bridgehead atoms. The second-order valence-corrected chi connectivity index (χ2v) is 13.4. The van der Waals surface area contributed by atoms with Crippen LogP contribution in [-0.2, 0) is 5.41 Å². The molecule has 0 spiro atoms. The average Bonchev–Trinajstić information content (AvgIpc) is 3.62. The number of hydrogen-bond acceptors (Lipinski definition) is 0. The van der Waals surface area contributed by atoms with Crippen molar-refractivity contribution in [3.8, 4) is 33.6 Å². The molecule has 3 heterocycles. The Morgan fingerprint density at radius 2 is 0.936 bits per heavy atom. The number of hydrogen-bond donors (Lipinski definition) is 0. The summed E-state index contributed by atoms with van der Waals surface area (Å²) in [5.41, 5.74) is 15.0. The second kappa shape index (κ2) is 9.57. The van der Waals surface area contributed by atoms with Crippen molar-refractivity contribution in [2.24, 2.45) is 0 Å². The van der Waals surface area contributed by atoms with Gasteiger partial charge in [-0.15, -0.1) is 0 Å². The molecule has 10 rings (SSSR count). The molecule has 0 saturated heterocycles. The van der Waals surface area contributed by atoms with Crippen molar-refractivity contribution >= 4 is 43.6 Å². The Balaban J connectivity index is 1.39. The standard InChI is InChI=1S/C45H32N2/c1-45(2)38-20-12-13-21-41(38)47-43-27-35-34-24-31(29-14-6-3-7-15-29)22-23-40(34)46(33-18-10-5-11-19-33)42(35)28-36(43)37-25-32(26-39(45)44(37)47)30-16-8-4-9-17-30/h3-28H,1-2H3. The summed E-state index contributed by atoms with van der Waals surface area (Å²) < 4.78 is 4.99. The summed E-state index contributed by atoms with van der Waals surface area (Å²) in [4.78, 5) is 0. The van der Waals surface area contributed by atoms with Crippen molar-refractivity contribution in [3.63, 3.8) is 0 Å². The Bertz CT molecular complexity index is 2670. The highest BCUT2D eigenvalue weighted by atomic mass is 15.0. The maximum Gasteiger partial charge on any atom is 0.0582 e. The molecule has 0 amide bonds. The van der Waals surface area contributed by atoms with E-state index in [0.717, 1.165) is 0 Å². The molecule has 0 N–H and O–H groups in total. The van der Waals surface area contributed by atoms with E-state index < -0.39 is 0 Å². The topological polar surface area (TPSA) is 9.86 Å². The number of aromatic nitrogens is 2. The van der Waals surface area contributed by atoms with Crippen LogP contribution in [0.4, 0.5) is 0 Å². The lowest BCUT2D eigenvalue weighted by atomic mass is 9.74. The molecule has 222 valence electrons. The summed E-state index contributed by atoms with van der Waals surface area (Å²) in [6.07, 6.45) is 0. The van der Waals surface area contributed by atoms with Gasteiger partial charge in [-0.05, 0) is 88.0 Å². The molecule has 7 aromatic carbocycles. The van der Waals surface area contributed by atoms with Crippen LogP contribution in [0.3, 0.4) is 0 Å². The fourth-order valence-electron chi connectivity index (χ4n) is 8.19. The smallest absolute Gasteiger partial charge is 0.0582 e. The monoisotopic (exact) mass is 600 g/mol. The zero-order valence-electron chi connectivity index (χ0n) is 26.4. The van der Waals surface area contributed by atoms with Crippen LogP contribution >= 0.6 is 0 Å². The quantitative estimate of drug-likeness (QED) is 0.191. The Kier molecular flexibility index (Phi) is 5.37. The number of fused-ring (bicyclic) bond motifs is 8. The number of rotatable bonds is 3. The van der Waals surface area contributed by atoms with Gasteiger partial charge in [-0.1, -0.05) is 117 Å².